The van der Waals surface area contributed by atoms with Crippen molar-refractivity contribution >= 4 is 21.2 Å². The maximum Gasteiger partial charge on any atom is 0.293 e. The number of nitrogens with zero attached hydrogens (tertiary/aromatic N) is 2. The topological polar surface area (TPSA) is 101 Å². The van der Waals surface area contributed by atoms with Crippen LogP contribution in [0.15, 0.2) is 23.1 Å². The Morgan fingerprint density at radius 3 is 2.50 bits per heavy atom. The summed E-state index contributed by atoms with van der Waals surface area (Å²) in [7, 11) is -3.49. The van der Waals surface area contributed by atoms with E-state index in [2.05, 4.69) is 0 Å². The molecule has 0 bridgehead atoms. The van der Waals surface area contributed by atoms with Crippen molar-refractivity contribution in [2.24, 2.45) is 0 Å². The molecule has 7 nitrogen and oxygen atoms in total. The van der Waals surface area contributed by atoms with Gasteiger partial charge in [-0.25, -0.2) is 8.42 Å². The molecule has 0 aromatic heterocycles. The molecule has 0 heterocycles. The summed E-state index contributed by atoms with van der Waals surface area (Å²) in [6.07, 6.45) is 1.49. The standard InChI is InChI=1S/C12H18N2O5S/c1-3-13(7-4-8-15)11-6-5-10(20(2,18)19)9-12(11)14(16)17/h5-6,9,15H,3-4,7-8H2,1-2H3. The SMILES string of the molecule is CCN(CCCO)c1ccc(S(C)(=O)=O)cc1[N+](=O)[O-]. The first kappa shape index (κ1) is 16.4. The second kappa shape index (κ2) is 6.67. The summed E-state index contributed by atoms with van der Waals surface area (Å²) in [5.74, 6) is 0. The highest BCUT2D eigenvalue weighted by Crippen LogP contribution is 2.30. The van der Waals surface area contributed by atoms with Crippen molar-refractivity contribution in [3.05, 3.63) is 28.3 Å². The Morgan fingerprint density at radius 2 is 2.05 bits per heavy atom. The van der Waals surface area contributed by atoms with Crippen LogP contribution in [0.4, 0.5) is 11.4 Å². The third kappa shape index (κ3) is 3.91. The largest absolute Gasteiger partial charge is 0.396 e. The molecule has 0 atom stereocenters. The number of hydrogen-bond acceptors (Lipinski definition) is 6. The van der Waals surface area contributed by atoms with Gasteiger partial charge in [0.1, 0.15) is 5.69 Å². The predicted molar refractivity (Wildman–Crippen MR) is 75.8 cm³/mol. The zero-order valence-electron chi connectivity index (χ0n) is 11.4. The van der Waals surface area contributed by atoms with Crippen LogP contribution in [0.5, 0.6) is 0 Å². The molecule has 0 saturated carbocycles. The van der Waals surface area contributed by atoms with Crippen LogP contribution in [0, 0.1) is 10.1 Å². The number of hydrogen-bond donors (Lipinski definition) is 1. The molecule has 1 aromatic carbocycles. The van der Waals surface area contributed by atoms with Crippen molar-refractivity contribution < 1.29 is 18.4 Å². The van der Waals surface area contributed by atoms with Crippen molar-refractivity contribution in [3.8, 4) is 0 Å². The summed E-state index contributed by atoms with van der Waals surface area (Å²) < 4.78 is 22.9. The van der Waals surface area contributed by atoms with E-state index in [9.17, 15) is 18.5 Å². The highest BCUT2D eigenvalue weighted by molar-refractivity contribution is 7.90. The number of anilines is 1. The molecule has 0 saturated heterocycles. The van der Waals surface area contributed by atoms with E-state index in [4.69, 9.17) is 5.11 Å². The van der Waals surface area contributed by atoms with E-state index in [0.717, 1.165) is 12.3 Å². The van der Waals surface area contributed by atoms with Crippen LogP contribution < -0.4 is 4.90 Å². The first-order valence-corrected chi connectivity index (χ1v) is 8.04. The highest BCUT2D eigenvalue weighted by Gasteiger charge is 2.21. The van der Waals surface area contributed by atoms with Gasteiger partial charge in [0.15, 0.2) is 9.84 Å². The lowest BCUT2D eigenvalue weighted by molar-refractivity contribution is -0.384. The lowest BCUT2D eigenvalue weighted by Crippen LogP contribution is -2.25. The molecule has 0 radical (unpaired) electrons. The van der Waals surface area contributed by atoms with Gasteiger partial charge in [-0.15, -0.1) is 0 Å². The Bertz CT molecular complexity index is 586. The number of rotatable bonds is 7. The number of benzene rings is 1. The molecular weight excluding hydrogens is 284 g/mol. The van der Waals surface area contributed by atoms with Crippen LogP contribution in [-0.4, -0.2) is 44.4 Å². The Labute approximate surface area is 117 Å². The van der Waals surface area contributed by atoms with Gasteiger partial charge in [-0.2, -0.15) is 0 Å². The fraction of sp³-hybridized carbons (Fsp3) is 0.500. The molecule has 1 N–H and O–H groups in total. The minimum absolute atomic E-state index is 0.00821. The van der Waals surface area contributed by atoms with Crippen molar-refractivity contribution in [1.29, 1.82) is 0 Å². The molecule has 0 aliphatic rings. The number of aliphatic hydroxyl groups is 1. The molecule has 1 aromatic rings. The predicted octanol–water partition coefficient (Wildman–Crippen LogP) is 1.21. The van der Waals surface area contributed by atoms with Crippen molar-refractivity contribution in [2.75, 3.05) is 30.9 Å². The Kier molecular flexibility index (Phi) is 5.46. The van der Waals surface area contributed by atoms with E-state index in [1.807, 2.05) is 6.92 Å². The summed E-state index contributed by atoms with van der Waals surface area (Å²) in [5.41, 5.74) is 0.117. The first-order valence-electron chi connectivity index (χ1n) is 6.15. The minimum atomic E-state index is -3.49. The molecule has 0 spiro atoms. The fourth-order valence-electron chi connectivity index (χ4n) is 1.86. The van der Waals surface area contributed by atoms with Gasteiger partial charge in [-0.05, 0) is 25.5 Å². The number of nitro groups is 1. The Hall–Kier alpha value is -1.67. The molecule has 112 valence electrons. The summed E-state index contributed by atoms with van der Waals surface area (Å²) in [6.45, 7) is 2.82. The second-order valence-electron chi connectivity index (χ2n) is 4.34. The van der Waals surface area contributed by atoms with Gasteiger partial charge in [0.25, 0.3) is 5.69 Å². The number of aliphatic hydroxyl groups excluding tert-OH is 1. The van der Waals surface area contributed by atoms with Crippen LogP contribution in [0.25, 0.3) is 0 Å². The Morgan fingerprint density at radius 1 is 1.40 bits per heavy atom. The summed E-state index contributed by atoms with van der Waals surface area (Å²) >= 11 is 0. The lowest BCUT2D eigenvalue weighted by atomic mass is 10.2. The van der Waals surface area contributed by atoms with E-state index in [1.165, 1.54) is 12.1 Å². The highest BCUT2D eigenvalue weighted by atomic mass is 32.2. The van der Waals surface area contributed by atoms with E-state index in [-0.39, 0.29) is 17.2 Å². The molecule has 20 heavy (non-hydrogen) atoms. The number of nitro benzene ring substituents is 1. The van der Waals surface area contributed by atoms with E-state index >= 15 is 0 Å². The van der Waals surface area contributed by atoms with Crippen molar-refractivity contribution in [2.45, 2.75) is 18.2 Å². The first-order chi connectivity index (χ1) is 9.31. The van der Waals surface area contributed by atoms with E-state index < -0.39 is 14.8 Å². The third-order valence-electron chi connectivity index (χ3n) is 2.88. The monoisotopic (exact) mass is 302 g/mol. The maximum absolute atomic E-state index is 11.5. The zero-order chi connectivity index (χ0) is 15.3. The minimum Gasteiger partial charge on any atom is -0.396 e. The molecule has 0 unspecified atom stereocenters. The number of sulfone groups is 1. The van der Waals surface area contributed by atoms with Gasteiger partial charge in [-0.1, -0.05) is 0 Å². The molecular formula is C12H18N2O5S. The van der Waals surface area contributed by atoms with Crippen LogP contribution >= 0.6 is 0 Å². The van der Waals surface area contributed by atoms with Gasteiger partial charge >= 0.3 is 0 Å². The van der Waals surface area contributed by atoms with Gasteiger partial charge < -0.3 is 10.0 Å². The van der Waals surface area contributed by atoms with Crippen LogP contribution in [-0.2, 0) is 9.84 Å². The molecule has 0 fully saturated rings. The van der Waals surface area contributed by atoms with Gasteiger partial charge in [-0.3, -0.25) is 10.1 Å². The lowest BCUT2D eigenvalue weighted by Gasteiger charge is -2.22. The molecule has 0 amide bonds. The summed E-state index contributed by atoms with van der Waals surface area (Å²) in [6, 6.07) is 3.88. The second-order valence-corrected chi connectivity index (χ2v) is 6.35. The smallest absolute Gasteiger partial charge is 0.293 e. The average molecular weight is 302 g/mol. The van der Waals surface area contributed by atoms with Gasteiger partial charge in [0, 0.05) is 32.0 Å². The Balaban J connectivity index is 3.29. The molecule has 0 aliphatic heterocycles. The fourth-order valence-corrected chi connectivity index (χ4v) is 2.50. The maximum atomic E-state index is 11.5. The normalized spacial score (nSPS) is 11.3. The van der Waals surface area contributed by atoms with Gasteiger partial charge in [0.2, 0.25) is 0 Å². The quantitative estimate of drug-likeness (QED) is 0.600. The van der Waals surface area contributed by atoms with E-state index in [0.29, 0.717) is 25.2 Å². The van der Waals surface area contributed by atoms with Crippen LogP contribution in [0.2, 0.25) is 0 Å². The third-order valence-corrected chi connectivity index (χ3v) is 3.99. The van der Waals surface area contributed by atoms with Crippen LogP contribution in [0.1, 0.15) is 13.3 Å². The summed E-state index contributed by atoms with van der Waals surface area (Å²) in [5, 5.41) is 20.0. The molecule has 8 heteroatoms. The average Bonchev–Trinajstić information content (AvgIpc) is 2.38. The zero-order valence-corrected chi connectivity index (χ0v) is 12.3. The van der Waals surface area contributed by atoms with Crippen molar-refractivity contribution in [3.63, 3.8) is 0 Å². The van der Waals surface area contributed by atoms with E-state index in [1.54, 1.807) is 4.90 Å². The van der Waals surface area contributed by atoms with Crippen LogP contribution in [0.3, 0.4) is 0 Å². The van der Waals surface area contributed by atoms with Crippen molar-refractivity contribution in [1.82, 2.24) is 0 Å². The molecule has 0 aliphatic carbocycles. The van der Waals surface area contributed by atoms with Gasteiger partial charge in [0.05, 0.1) is 9.82 Å². The summed E-state index contributed by atoms with van der Waals surface area (Å²) in [4.78, 5) is 12.2. The molecule has 1 rings (SSSR count).